The highest BCUT2D eigenvalue weighted by Crippen LogP contribution is 2.30. The zero-order chi connectivity index (χ0) is 16.5. The van der Waals surface area contributed by atoms with Gasteiger partial charge in [0.1, 0.15) is 0 Å². The summed E-state index contributed by atoms with van der Waals surface area (Å²) in [4.78, 5) is 25.7. The Bertz CT molecular complexity index is 564. The van der Waals surface area contributed by atoms with E-state index >= 15 is 0 Å². The second-order valence-corrected chi connectivity index (χ2v) is 8.37. The maximum absolute atomic E-state index is 12.3. The lowest BCUT2D eigenvalue weighted by Gasteiger charge is -2.25. The minimum Gasteiger partial charge on any atom is -0.378 e. The van der Waals surface area contributed by atoms with Gasteiger partial charge in [-0.2, -0.15) is 0 Å². The van der Waals surface area contributed by atoms with Crippen LogP contribution in [0.2, 0.25) is 0 Å². The van der Waals surface area contributed by atoms with Crippen molar-refractivity contribution in [1.82, 2.24) is 15.5 Å². The third kappa shape index (κ3) is 3.35. The minimum absolute atomic E-state index is 0.0790. The van der Waals surface area contributed by atoms with Crippen LogP contribution in [0.4, 0.5) is 4.79 Å². The van der Waals surface area contributed by atoms with Crippen molar-refractivity contribution < 1.29 is 22.7 Å². The predicted octanol–water partition coefficient (Wildman–Crippen LogP) is -1.03. The number of rotatable bonds is 3. The molecule has 0 saturated carbocycles. The van der Waals surface area contributed by atoms with Crippen LogP contribution in [0.5, 0.6) is 0 Å². The maximum atomic E-state index is 12.3. The first-order valence-electron chi connectivity index (χ1n) is 7.21. The van der Waals surface area contributed by atoms with Gasteiger partial charge >= 0.3 is 6.03 Å². The Morgan fingerprint density at radius 3 is 2.59 bits per heavy atom. The summed E-state index contributed by atoms with van der Waals surface area (Å²) >= 11 is 0. The molecule has 2 heterocycles. The summed E-state index contributed by atoms with van der Waals surface area (Å²) < 4.78 is 28.4. The first-order valence-corrected chi connectivity index (χ1v) is 9.04. The zero-order valence-corrected chi connectivity index (χ0v) is 13.9. The molecule has 2 aliphatic rings. The fraction of sp³-hybridized carbons (Fsp3) is 0.846. The molecule has 0 spiro atoms. The highest BCUT2D eigenvalue weighted by Gasteiger charge is 2.44. The molecule has 0 bridgehead atoms. The Morgan fingerprint density at radius 2 is 2.00 bits per heavy atom. The minimum atomic E-state index is -3.19. The van der Waals surface area contributed by atoms with Gasteiger partial charge in [-0.1, -0.05) is 0 Å². The SMILES string of the molecule is CNC(=O)C1(C)CCN(C(=O)NC2CS(=O)(=O)CC2OC)C1. The Kier molecular flexibility index (Phi) is 4.67. The summed E-state index contributed by atoms with van der Waals surface area (Å²) in [6.45, 7) is 2.60. The summed E-state index contributed by atoms with van der Waals surface area (Å²) in [5.74, 6) is -0.289. The number of nitrogens with zero attached hydrogens (tertiary/aromatic N) is 1. The van der Waals surface area contributed by atoms with E-state index in [1.165, 1.54) is 7.11 Å². The summed E-state index contributed by atoms with van der Waals surface area (Å²) in [6.07, 6.45) is 0.0541. The number of sulfone groups is 1. The Morgan fingerprint density at radius 1 is 1.32 bits per heavy atom. The van der Waals surface area contributed by atoms with Crippen LogP contribution in [-0.4, -0.2) is 76.2 Å². The molecule has 2 fully saturated rings. The van der Waals surface area contributed by atoms with E-state index in [0.717, 1.165) is 0 Å². The van der Waals surface area contributed by atoms with Crippen LogP contribution in [0.3, 0.4) is 0 Å². The molecule has 3 amide bonds. The summed E-state index contributed by atoms with van der Waals surface area (Å²) in [6, 6.07) is -0.897. The third-order valence-electron chi connectivity index (χ3n) is 4.45. The van der Waals surface area contributed by atoms with Crippen LogP contribution in [0, 0.1) is 5.41 Å². The van der Waals surface area contributed by atoms with Crippen molar-refractivity contribution in [2.75, 3.05) is 38.8 Å². The third-order valence-corrected chi connectivity index (χ3v) is 6.15. The van der Waals surface area contributed by atoms with E-state index in [-0.39, 0.29) is 23.4 Å². The predicted molar refractivity (Wildman–Crippen MR) is 80.1 cm³/mol. The normalized spacial score (nSPS) is 33.7. The molecule has 3 atom stereocenters. The van der Waals surface area contributed by atoms with Crippen molar-refractivity contribution in [3.05, 3.63) is 0 Å². The fourth-order valence-electron chi connectivity index (χ4n) is 3.05. The van der Waals surface area contributed by atoms with Crippen LogP contribution < -0.4 is 10.6 Å². The number of carbonyl (C=O) groups excluding carboxylic acids is 2. The number of hydrogen-bond acceptors (Lipinski definition) is 5. The van der Waals surface area contributed by atoms with Gasteiger partial charge in [0.15, 0.2) is 9.84 Å². The highest BCUT2D eigenvalue weighted by molar-refractivity contribution is 7.91. The lowest BCUT2D eigenvalue weighted by molar-refractivity contribution is -0.128. The number of ether oxygens (including phenoxy) is 1. The molecule has 2 aliphatic heterocycles. The molecule has 2 N–H and O–H groups in total. The first-order chi connectivity index (χ1) is 10.2. The molecule has 0 aliphatic carbocycles. The number of amides is 3. The van der Waals surface area contributed by atoms with E-state index in [4.69, 9.17) is 4.74 Å². The van der Waals surface area contributed by atoms with Gasteiger partial charge in [-0.25, -0.2) is 13.2 Å². The van der Waals surface area contributed by atoms with Gasteiger partial charge in [-0.15, -0.1) is 0 Å². The first kappa shape index (κ1) is 17.0. The lowest BCUT2D eigenvalue weighted by Crippen LogP contribution is -2.50. The van der Waals surface area contributed by atoms with Crippen molar-refractivity contribution >= 4 is 21.8 Å². The van der Waals surface area contributed by atoms with E-state index < -0.39 is 27.4 Å². The number of hydrogen-bond donors (Lipinski definition) is 2. The van der Waals surface area contributed by atoms with E-state index in [0.29, 0.717) is 19.5 Å². The molecule has 126 valence electrons. The van der Waals surface area contributed by atoms with Crippen LogP contribution in [-0.2, 0) is 19.4 Å². The van der Waals surface area contributed by atoms with Gasteiger partial charge in [0.2, 0.25) is 5.91 Å². The molecular formula is C13H23N3O5S. The Balaban J connectivity index is 1.98. The number of nitrogens with one attached hydrogen (secondary N) is 2. The summed E-state index contributed by atoms with van der Waals surface area (Å²) in [7, 11) is -0.182. The van der Waals surface area contributed by atoms with Crippen molar-refractivity contribution in [3.8, 4) is 0 Å². The standard InChI is InChI=1S/C13H23N3O5S/c1-13(11(17)14-2)4-5-16(8-13)12(18)15-9-6-22(19,20)7-10(9)21-3/h9-10H,4-8H2,1-3H3,(H,14,17)(H,15,18). The topological polar surface area (TPSA) is 105 Å². The quantitative estimate of drug-likeness (QED) is 0.687. The average Bonchev–Trinajstić information content (AvgIpc) is 2.99. The van der Waals surface area contributed by atoms with E-state index in [2.05, 4.69) is 10.6 Å². The molecule has 0 aromatic rings. The van der Waals surface area contributed by atoms with Gasteiger partial charge < -0.3 is 20.3 Å². The zero-order valence-electron chi connectivity index (χ0n) is 13.1. The van der Waals surface area contributed by atoms with E-state index in [9.17, 15) is 18.0 Å². The van der Waals surface area contributed by atoms with Crippen molar-refractivity contribution in [1.29, 1.82) is 0 Å². The van der Waals surface area contributed by atoms with Gasteiger partial charge in [0.25, 0.3) is 0 Å². The average molecular weight is 333 g/mol. The molecule has 9 heteroatoms. The van der Waals surface area contributed by atoms with Crippen LogP contribution in [0.25, 0.3) is 0 Å². The van der Waals surface area contributed by atoms with E-state index in [1.54, 1.807) is 11.9 Å². The highest BCUT2D eigenvalue weighted by atomic mass is 32.2. The van der Waals surface area contributed by atoms with Crippen LogP contribution >= 0.6 is 0 Å². The molecule has 0 aromatic heterocycles. The second-order valence-electron chi connectivity index (χ2n) is 6.22. The fourth-order valence-corrected chi connectivity index (χ4v) is 4.90. The molecular weight excluding hydrogens is 310 g/mol. The summed E-state index contributed by atoms with van der Waals surface area (Å²) in [5, 5.41) is 5.33. The largest absolute Gasteiger partial charge is 0.378 e. The molecule has 2 saturated heterocycles. The Hall–Kier alpha value is -1.35. The van der Waals surface area contributed by atoms with E-state index in [1.807, 2.05) is 6.92 Å². The number of methoxy groups -OCH3 is 1. The van der Waals surface area contributed by atoms with Gasteiger partial charge in [-0.05, 0) is 13.3 Å². The van der Waals surface area contributed by atoms with Crippen molar-refractivity contribution in [3.63, 3.8) is 0 Å². The van der Waals surface area contributed by atoms with Crippen LogP contribution in [0.15, 0.2) is 0 Å². The molecule has 0 aromatic carbocycles. The molecule has 8 nitrogen and oxygen atoms in total. The molecule has 0 radical (unpaired) electrons. The van der Waals surface area contributed by atoms with Crippen molar-refractivity contribution in [2.24, 2.45) is 5.41 Å². The molecule has 22 heavy (non-hydrogen) atoms. The lowest BCUT2D eigenvalue weighted by atomic mass is 9.89. The monoisotopic (exact) mass is 333 g/mol. The van der Waals surface area contributed by atoms with Gasteiger partial charge in [0, 0.05) is 27.2 Å². The van der Waals surface area contributed by atoms with Crippen LogP contribution in [0.1, 0.15) is 13.3 Å². The maximum Gasteiger partial charge on any atom is 0.317 e. The number of likely N-dealkylation sites (tertiary alicyclic amines) is 1. The number of carbonyl (C=O) groups is 2. The smallest absolute Gasteiger partial charge is 0.317 e. The molecule has 2 rings (SSSR count). The Labute approximate surface area is 130 Å². The number of urea groups is 1. The van der Waals surface area contributed by atoms with Gasteiger partial charge in [0.05, 0.1) is 29.1 Å². The summed E-state index contributed by atoms with van der Waals surface area (Å²) in [5.41, 5.74) is -0.603. The van der Waals surface area contributed by atoms with Gasteiger partial charge in [-0.3, -0.25) is 4.79 Å². The molecule has 3 unspecified atom stereocenters. The van der Waals surface area contributed by atoms with Crippen molar-refractivity contribution in [2.45, 2.75) is 25.5 Å². The second kappa shape index (κ2) is 6.04.